The molecule has 1 saturated carbocycles. The molecule has 47 heavy (non-hydrogen) atoms. The van der Waals surface area contributed by atoms with Gasteiger partial charge in [-0.05, 0) is 56.1 Å². The Morgan fingerprint density at radius 2 is 1.55 bits per heavy atom. The van der Waals surface area contributed by atoms with Crippen LogP contribution in [0, 0.1) is 11.8 Å². The lowest BCUT2D eigenvalue weighted by atomic mass is 9.72. The summed E-state index contributed by atoms with van der Waals surface area (Å²) in [5.74, 6) is -0.00628. The first-order valence-corrected chi connectivity index (χ1v) is 18.3. The van der Waals surface area contributed by atoms with Crippen molar-refractivity contribution in [3.8, 4) is 0 Å². The number of likely N-dealkylation sites (tertiary alicyclic amines) is 1. The van der Waals surface area contributed by atoms with E-state index in [4.69, 9.17) is 4.74 Å². The Balaban J connectivity index is 1.58. The van der Waals surface area contributed by atoms with Gasteiger partial charge in [0.25, 0.3) is 0 Å². The highest BCUT2D eigenvalue weighted by Gasteiger charge is 2.46. The van der Waals surface area contributed by atoms with Crippen LogP contribution in [0.25, 0.3) is 0 Å². The molecule has 1 heterocycles. The van der Waals surface area contributed by atoms with E-state index in [0.29, 0.717) is 31.3 Å². The maximum atomic E-state index is 13.8. The number of hydrogen-bond donors (Lipinski definition) is 4. The molecule has 4 rings (SSSR count). The fourth-order valence-electron chi connectivity index (χ4n) is 6.81. The zero-order valence-electron chi connectivity index (χ0n) is 27.9. The molecule has 258 valence electrons. The average molecular weight is 671 g/mol. The third-order valence-corrected chi connectivity index (χ3v) is 12.1. The number of piperidine rings is 1. The minimum Gasteiger partial charge on any atom is -0.453 e. The third kappa shape index (κ3) is 9.55. The van der Waals surface area contributed by atoms with Crippen molar-refractivity contribution in [2.75, 3.05) is 26.5 Å². The van der Waals surface area contributed by atoms with Gasteiger partial charge in [-0.25, -0.2) is 13.2 Å². The van der Waals surface area contributed by atoms with Crippen LogP contribution < -0.4 is 16.0 Å². The van der Waals surface area contributed by atoms with Crippen LogP contribution in [0.15, 0.2) is 60.7 Å². The summed E-state index contributed by atoms with van der Waals surface area (Å²) in [5.41, 5.74) is 1.84. The van der Waals surface area contributed by atoms with E-state index >= 15 is 0 Å². The summed E-state index contributed by atoms with van der Waals surface area (Å²) in [6.45, 7) is 3.90. The van der Waals surface area contributed by atoms with Crippen LogP contribution in [0.4, 0.5) is 4.79 Å². The minimum atomic E-state index is -3.84. The lowest BCUT2D eigenvalue weighted by Gasteiger charge is -2.46. The molecule has 2 unspecified atom stereocenters. The number of rotatable bonds is 13. The van der Waals surface area contributed by atoms with Gasteiger partial charge in [0.15, 0.2) is 9.84 Å². The highest BCUT2D eigenvalue weighted by molar-refractivity contribution is 7.92. The molecule has 1 aliphatic heterocycles. The van der Waals surface area contributed by atoms with Gasteiger partial charge < -0.3 is 25.8 Å². The number of nitrogens with one attached hydrogen (secondary N) is 3. The Morgan fingerprint density at radius 3 is 2.15 bits per heavy atom. The number of carbonyl (C=O) groups is 3. The molecule has 2 aliphatic rings. The molecule has 2 aromatic rings. The zero-order valence-corrected chi connectivity index (χ0v) is 28.7. The molecule has 2 fully saturated rings. The van der Waals surface area contributed by atoms with Gasteiger partial charge in [0.05, 0.1) is 30.0 Å². The maximum absolute atomic E-state index is 13.8. The van der Waals surface area contributed by atoms with E-state index in [9.17, 15) is 27.9 Å². The third-order valence-electron chi connectivity index (χ3n) is 9.99. The van der Waals surface area contributed by atoms with E-state index in [2.05, 4.69) is 16.0 Å². The van der Waals surface area contributed by atoms with Crippen LogP contribution in [-0.2, 0) is 37.1 Å². The summed E-state index contributed by atoms with van der Waals surface area (Å²) in [5, 5.41) is 20.2. The number of fused-ring (bicyclic) bond motifs is 1. The monoisotopic (exact) mass is 670 g/mol. The second kappa shape index (κ2) is 16.1. The summed E-state index contributed by atoms with van der Waals surface area (Å²) in [4.78, 5) is 41.8. The largest absolute Gasteiger partial charge is 0.453 e. The number of nitrogens with zero attached hydrogens (tertiary/aromatic N) is 1. The molecule has 1 aliphatic carbocycles. The van der Waals surface area contributed by atoms with E-state index in [-0.39, 0.29) is 18.9 Å². The highest BCUT2D eigenvalue weighted by atomic mass is 32.2. The minimum absolute atomic E-state index is 0.0917. The molecular weight excluding hydrogens is 620 g/mol. The molecule has 12 heteroatoms. The zero-order chi connectivity index (χ0) is 34.2. The summed E-state index contributed by atoms with van der Waals surface area (Å²) in [7, 11) is -2.71. The van der Waals surface area contributed by atoms with E-state index in [1.54, 1.807) is 0 Å². The highest BCUT2D eigenvalue weighted by Crippen LogP contribution is 2.39. The smallest absolute Gasteiger partial charge is 0.407 e. The first-order chi connectivity index (χ1) is 22.3. The summed E-state index contributed by atoms with van der Waals surface area (Å²) >= 11 is 0. The Hall–Kier alpha value is -3.48. The molecule has 0 aromatic heterocycles. The van der Waals surface area contributed by atoms with Gasteiger partial charge in [-0.3, -0.25) is 14.5 Å². The molecule has 4 N–H and O–H groups in total. The molecule has 1 saturated heterocycles. The van der Waals surface area contributed by atoms with Gasteiger partial charge in [0.2, 0.25) is 11.8 Å². The topological polar surface area (TPSA) is 154 Å². The number of ether oxygens (including phenoxy) is 1. The van der Waals surface area contributed by atoms with Crippen LogP contribution in [0.5, 0.6) is 0 Å². The number of amides is 3. The van der Waals surface area contributed by atoms with Crippen LogP contribution in [-0.4, -0.2) is 91.8 Å². The Kier molecular flexibility index (Phi) is 12.4. The van der Waals surface area contributed by atoms with Crippen molar-refractivity contribution in [2.45, 2.75) is 87.9 Å². The fourth-order valence-corrected chi connectivity index (χ4v) is 7.40. The van der Waals surface area contributed by atoms with E-state index in [0.717, 1.165) is 50.2 Å². The van der Waals surface area contributed by atoms with E-state index in [1.807, 2.05) is 65.6 Å². The van der Waals surface area contributed by atoms with Crippen molar-refractivity contribution in [1.82, 2.24) is 20.9 Å². The Morgan fingerprint density at radius 1 is 0.957 bits per heavy atom. The number of methoxy groups -OCH3 is 1. The normalized spacial score (nSPS) is 22.2. The second-order valence-corrected chi connectivity index (χ2v) is 16.1. The van der Waals surface area contributed by atoms with Gasteiger partial charge >= 0.3 is 6.09 Å². The summed E-state index contributed by atoms with van der Waals surface area (Å²) in [6.07, 6.45) is 4.30. The first kappa shape index (κ1) is 36.4. The molecule has 0 bridgehead atoms. The number of β-amino-alcohol motifs (C(OH)–C–C–N with tert-alkyl or cyclic N) is 1. The Bertz CT molecular complexity index is 1450. The number of alkyl carbamates (subject to hydrolysis) is 1. The number of benzene rings is 2. The number of aliphatic hydroxyl groups is 1. The van der Waals surface area contributed by atoms with Crippen LogP contribution in [0.2, 0.25) is 0 Å². The molecule has 6 atom stereocenters. The van der Waals surface area contributed by atoms with Crippen molar-refractivity contribution >= 4 is 27.7 Å². The molecule has 0 radical (unpaired) electrons. The van der Waals surface area contributed by atoms with E-state index < -0.39 is 50.8 Å². The predicted molar refractivity (Wildman–Crippen MR) is 180 cm³/mol. The van der Waals surface area contributed by atoms with Crippen molar-refractivity contribution in [3.63, 3.8) is 0 Å². The average Bonchev–Trinajstić information content (AvgIpc) is 3.05. The SMILES string of the molecule is COC(=O)N[C@H](C(=O)N[C@@H](Cc1ccccc1)[C@H](O)CN1CC2CCCCC2C[C@H]1C(=O)NCc1ccccc1)C(C)(C)S(C)(=O)=O. The predicted octanol–water partition coefficient (Wildman–Crippen LogP) is 2.82. The molecular formula is C35H50N4O7S. The lowest BCUT2D eigenvalue weighted by molar-refractivity contribution is -0.132. The van der Waals surface area contributed by atoms with Crippen LogP contribution >= 0.6 is 0 Å². The first-order valence-electron chi connectivity index (χ1n) is 16.4. The molecule has 0 spiro atoms. The number of carbonyl (C=O) groups excluding carboxylic acids is 3. The van der Waals surface area contributed by atoms with E-state index in [1.165, 1.54) is 13.8 Å². The number of aliphatic hydroxyl groups excluding tert-OH is 1. The second-order valence-electron chi connectivity index (χ2n) is 13.5. The summed E-state index contributed by atoms with van der Waals surface area (Å²) in [6, 6.07) is 16.2. The standard InChI is InChI=1S/C35H50N4O7S/c1-35(2,47(4,44)45)31(38-34(43)46-3)33(42)37-28(19-24-13-7-5-8-14-24)30(40)23-39-22-27-18-12-11-17-26(27)20-29(39)32(41)36-21-25-15-9-6-10-16-25/h5-10,13-16,26-31,40H,11-12,17-23H2,1-4H3,(H,36,41)(H,37,42)(H,38,43)/t26?,27?,28-,29-,30+,31+/m0/s1. The van der Waals surface area contributed by atoms with Gasteiger partial charge in [-0.15, -0.1) is 0 Å². The van der Waals surface area contributed by atoms with Crippen molar-refractivity contribution < 1.29 is 32.6 Å². The summed E-state index contributed by atoms with van der Waals surface area (Å²) < 4.78 is 28.5. The Labute approximate surface area is 278 Å². The number of sulfone groups is 1. The van der Waals surface area contributed by atoms with Gasteiger partial charge in [-0.1, -0.05) is 79.9 Å². The van der Waals surface area contributed by atoms with Crippen LogP contribution in [0.3, 0.4) is 0 Å². The van der Waals surface area contributed by atoms with Crippen molar-refractivity contribution in [2.24, 2.45) is 11.8 Å². The van der Waals surface area contributed by atoms with Crippen LogP contribution in [0.1, 0.15) is 57.1 Å². The molecule has 11 nitrogen and oxygen atoms in total. The lowest BCUT2D eigenvalue weighted by Crippen LogP contribution is -2.63. The van der Waals surface area contributed by atoms with Crippen molar-refractivity contribution in [1.29, 1.82) is 0 Å². The maximum Gasteiger partial charge on any atom is 0.407 e. The van der Waals surface area contributed by atoms with Gasteiger partial charge in [0, 0.05) is 25.9 Å². The number of hydrogen-bond acceptors (Lipinski definition) is 8. The fraction of sp³-hybridized carbons (Fsp3) is 0.571. The van der Waals surface area contributed by atoms with Gasteiger partial charge in [-0.2, -0.15) is 0 Å². The molecule has 3 amide bonds. The quantitative estimate of drug-likeness (QED) is 0.254. The molecule has 2 aromatic carbocycles. The van der Waals surface area contributed by atoms with Crippen molar-refractivity contribution in [3.05, 3.63) is 71.8 Å². The van der Waals surface area contributed by atoms with Gasteiger partial charge in [0.1, 0.15) is 6.04 Å².